The molecular weight excluding hydrogens is 279 g/mol. The summed E-state index contributed by atoms with van der Waals surface area (Å²) in [6, 6.07) is 5.91. The first-order valence-electron chi connectivity index (χ1n) is 7.58. The Hall–Kier alpha value is -2.28. The molecule has 1 fully saturated rings. The molecule has 1 aromatic rings. The zero-order valence-electron chi connectivity index (χ0n) is 12.8. The van der Waals surface area contributed by atoms with E-state index in [1.54, 1.807) is 30.0 Å². The van der Waals surface area contributed by atoms with Crippen molar-refractivity contribution >= 4 is 0 Å². The molecule has 0 bridgehead atoms. The number of halogens is 1. The SMILES string of the molecule is Cc1ccc(C2CCC2)c(OC2C(C#N)=CC=CN2C)c1F. The summed E-state index contributed by atoms with van der Waals surface area (Å²) in [6.07, 6.45) is 8.06. The average Bonchev–Trinajstić information content (AvgIpc) is 2.46. The Morgan fingerprint density at radius 2 is 2.14 bits per heavy atom. The van der Waals surface area contributed by atoms with E-state index in [-0.39, 0.29) is 5.82 Å². The van der Waals surface area contributed by atoms with Gasteiger partial charge in [-0.15, -0.1) is 0 Å². The van der Waals surface area contributed by atoms with Crippen LogP contribution in [-0.2, 0) is 0 Å². The standard InChI is InChI=1S/C18H19FN2O/c1-12-8-9-15(13-5-3-6-13)17(16(12)19)22-18-14(11-20)7-4-10-21(18)2/h4,7-10,13,18H,3,5-6H2,1-2H3. The van der Waals surface area contributed by atoms with E-state index in [1.165, 1.54) is 6.42 Å². The molecule has 3 rings (SSSR count). The van der Waals surface area contributed by atoms with Crippen molar-refractivity contribution in [2.24, 2.45) is 0 Å². The zero-order chi connectivity index (χ0) is 15.7. The summed E-state index contributed by atoms with van der Waals surface area (Å²) in [7, 11) is 1.82. The number of allylic oxidation sites excluding steroid dienone is 2. The van der Waals surface area contributed by atoms with Crippen molar-refractivity contribution < 1.29 is 9.13 Å². The Bertz CT molecular complexity index is 683. The topological polar surface area (TPSA) is 36.3 Å². The van der Waals surface area contributed by atoms with E-state index in [1.807, 2.05) is 19.3 Å². The second kappa shape index (κ2) is 5.84. The minimum atomic E-state index is -0.579. The summed E-state index contributed by atoms with van der Waals surface area (Å²) in [6.45, 7) is 1.73. The maximum absolute atomic E-state index is 14.6. The van der Waals surface area contributed by atoms with Crippen molar-refractivity contribution in [1.29, 1.82) is 5.26 Å². The number of hydrogen-bond acceptors (Lipinski definition) is 3. The van der Waals surface area contributed by atoms with Crippen LogP contribution >= 0.6 is 0 Å². The monoisotopic (exact) mass is 298 g/mol. The highest BCUT2D eigenvalue weighted by Gasteiger charge is 2.29. The van der Waals surface area contributed by atoms with Crippen molar-refractivity contribution in [3.8, 4) is 11.8 Å². The fraction of sp³-hybridized carbons (Fsp3) is 0.389. The van der Waals surface area contributed by atoms with Gasteiger partial charge in [-0.3, -0.25) is 0 Å². The molecule has 22 heavy (non-hydrogen) atoms. The molecule has 1 aliphatic heterocycles. The summed E-state index contributed by atoms with van der Waals surface area (Å²) in [4.78, 5) is 1.78. The Labute approximate surface area is 130 Å². The van der Waals surface area contributed by atoms with Gasteiger partial charge in [0, 0.05) is 18.8 Å². The second-order valence-corrected chi connectivity index (χ2v) is 5.95. The molecule has 1 saturated carbocycles. The largest absolute Gasteiger partial charge is 0.462 e. The summed E-state index contributed by atoms with van der Waals surface area (Å²) >= 11 is 0. The van der Waals surface area contributed by atoms with Crippen molar-refractivity contribution in [1.82, 2.24) is 4.90 Å². The average molecular weight is 298 g/mol. The van der Waals surface area contributed by atoms with E-state index in [0.29, 0.717) is 22.8 Å². The van der Waals surface area contributed by atoms with Crippen LogP contribution in [-0.4, -0.2) is 18.2 Å². The number of likely N-dealkylation sites (N-methyl/N-ethyl adjacent to an activating group) is 1. The maximum atomic E-state index is 14.6. The van der Waals surface area contributed by atoms with E-state index in [0.717, 1.165) is 18.4 Å². The lowest BCUT2D eigenvalue weighted by Crippen LogP contribution is -2.36. The molecule has 0 spiro atoms. The van der Waals surface area contributed by atoms with Gasteiger partial charge in [0.2, 0.25) is 6.23 Å². The minimum Gasteiger partial charge on any atom is -0.462 e. The third kappa shape index (κ3) is 2.48. The second-order valence-electron chi connectivity index (χ2n) is 5.95. The molecule has 1 aliphatic carbocycles. The van der Waals surface area contributed by atoms with Crippen LogP contribution in [0.2, 0.25) is 0 Å². The summed E-state index contributed by atoms with van der Waals surface area (Å²) in [5, 5.41) is 9.26. The van der Waals surface area contributed by atoms with Gasteiger partial charge in [0.15, 0.2) is 11.6 Å². The number of aryl methyl sites for hydroxylation is 1. The van der Waals surface area contributed by atoms with Gasteiger partial charge in [-0.05, 0) is 43.4 Å². The lowest BCUT2D eigenvalue weighted by atomic mass is 9.79. The van der Waals surface area contributed by atoms with Gasteiger partial charge in [0.1, 0.15) is 6.07 Å². The van der Waals surface area contributed by atoms with Crippen LogP contribution < -0.4 is 4.74 Å². The minimum absolute atomic E-state index is 0.304. The Morgan fingerprint density at radius 3 is 2.77 bits per heavy atom. The van der Waals surface area contributed by atoms with Crippen molar-refractivity contribution in [2.75, 3.05) is 7.05 Å². The fourth-order valence-corrected chi connectivity index (χ4v) is 2.84. The van der Waals surface area contributed by atoms with Crippen LogP contribution in [0.1, 0.15) is 36.3 Å². The van der Waals surface area contributed by atoms with Gasteiger partial charge in [0.25, 0.3) is 0 Å². The quantitative estimate of drug-likeness (QED) is 0.845. The molecular formula is C18H19FN2O. The molecule has 3 nitrogen and oxygen atoms in total. The van der Waals surface area contributed by atoms with Gasteiger partial charge < -0.3 is 9.64 Å². The molecule has 4 heteroatoms. The predicted octanol–water partition coefficient (Wildman–Crippen LogP) is 4.02. The van der Waals surface area contributed by atoms with E-state index < -0.39 is 6.23 Å². The Morgan fingerprint density at radius 1 is 1.36 bits per heavy atom. The molecule has 0 radical (unpaired) electrons. The van der Waals surface area contributed by atoms with Crippen LogP contribution in [0.25, 0.3) is 0 Å². The first-order chi connectivity index (χ1) is 10.6. The zero-order valence-corrected chi connectivity index (χ0v) is 12.8. The molecule has 1 heterocycles. The van der Waals surface area contributed by atoms with Crippen molar-refractivity contribution in [2.45, 2.75) is 38.3 Å². The van der Waals surface area contributed by atoms with Crippen LogP contribution in [0.4, 0.5) is 4.39 Å². The highest BCUT2D eigenvalue weighted by Crippen LogP contribution is 2.43. The molecule has 0 N–H and O–H groups in total. The lowest BCUT2D eigenvalue weighted by molar-refractivity contribution is 0.106. The van der Waals surface area contributed by atoms with E-state index in [2.05, 4.69) is 6.07 Å². The maximum Gasteiger partial charge on any atom is 0.208 e. The number of nitriles is 1. The van der Waals surface area contributed by atoms with Gasteiger partial charge in [0.05, 0.1) is 5.57 Å². The van der Waals surface area contributed by atoms with Crippen LogP contribution in [0, 0.1) is 24.1 Å². The third-order valence-electron chi connectivity index (χ3n) is 4.46. The van der Waals surface area contributed by atoms with Crippen LogP contribution in [0.3, 0.4) is 0 Å². The van der Waals surface area contributed by atoms with Crippen LogP contribution in [0.5, 0.6) is 5.75 Å². The van der Waals surface area contributed by atoms with E-state index >= 15 is 0 Å². The number of ether oxygens (including phenoxy) is 1. The van der Waals surface area contributed by atoms with Gasteiger partial charge in [-0.25, -0.2) is 4.39 Å². The van der Waals surface area contributed by atoms with Gasteiger partial charge in [-0.2, -0.15) is 5.26 Å². The number of benzene rings is 1. The normalized spacial score (nSPS) is 21.1. The summed E-state index contributed by atoms with van der Waals surface area (Å²) in [5.41, 5.74) is 1.97. The highest BCUT2D eigenvalue weighted by molar-refractivity contribution is 5.43. The van der Waals surface area contributed by atoms with Crippen molar-refractivity contribution in [3.05, 3.63) is 53.0 Å². The summed E-state index contributed by atoms with van der Waals surface area (Å²) < 4.78 is 20.6. The molecule has 1 aromatic carbocycles. The molecule has 114 valence electrons. The fourth-order valence-electron chi connectivity index (χ4n) is 2.84. The van der Waals surface area contributed by atoms with Crippen molar-refractivity contribution in [3.63, 3.8) is 0 Å². The molecule has 1 atom stereocenters. The predicted molar refractivity (Wildman–Crippen MR) is 82.7 cm³/mol. The number of rotatable bonds is 3. The number of hydrogen-bond donors (Lipinski definition) is 0. The molecule has 0 aromatic heterocycles. The smallest absolute Gasteiger partial charge is 0.208 e. The van der Waals surface area contributed by atoms with Gasteiger partial charge in [-0.1, -0.05) is 18.6 Å². The lowest BCUT2D eigenvalue weighted by Gasteiger charge is -2.33. The van der Waals surface area contributed by atoms with Crippen LogP contribution in [0.15, 0.2) is 36.1 Å². The first kappa shape index (κ1) is 14.6. The molecule has 1 unspecified atom stereocenters. The molecule has 2 aliphatic rings. The molecule has 0 saturated heterocycles. The molecule has 0 amide bonds. The third-order valence-corrected chi connectivity index (χ3v) is 4.46. The Kier molecular flexibility index (Phi) is 3.89. The van der Waals surface area contributed by atoms with Gasteiger partial charge >= 0.3 is 0 Å². The number of nitrogens with zero attached hydrogens (tertiary/aromatic N) is 2. The van der Waals surface area contributed by atoms with E-state index in [4.69, 9.17) is 4.74 Å². The first-order valence-corrected chi connectivity index (χ1v) is 7.58. The van der Waals surface area contributed by atoms with E-state index in [9.17, 15) is 9.65 Å². The highest BCUT2D eigenvalue weighted by atomic mass is 19.1. The summed E-state index contributed by atoms with van der Waals surface area (Å²) in [5.74, 6) is 0.353. The Balaban J connectivity index is 1.97.